The first-order chi connectivity index (χ1) is 12.7. The van der Waals surface area contributed by atoms with Crippen LogP contribution in [0.5, 0.6) is 0 Å². The van der Waals surface area contributed by atoms with Crippen LogP contribution in [0.25, 0.3) is 0 Å². The normalized spacial score (nSPS) is 15.5. The maximum Gasteiger partial charge on any atom is 0.266 e. The molecule has 0 aliphatic carbocycles. The van der Waals surface area contributed by atoms with Gasteiger partial charge in [-0.2, -0.15) is 5.26 Å². The second-order valence-corrected chi connectivity index (χ2v) is 6.23. The first-order valence-electron chi connectivity index (χ1n) is 9.21. The van der Waals surface area contributed by atoms with Gasteiger partial charge >= 0.3 is 0 Å². The van der Waals surface area contributed by atoms with E-state index in [1.807, 2.05) is 31.2 Å². The molecule has 0 saturated carbocycles. The molecule has 1 aromatic rings. The number of piperazine rings is 1. The second kappa shape index (κ2) is 11.3. The van der Waals surface area contributed by atoms with Crippen molar-refractivity contribution in [2.45, 2.75) is 19.9 Å². The van der Waals surface area contributed by atoms with Crippen LogP contribution in [0.2, 0.25) is 0 Å². The lowest BCUT2D eigenvalue weighted by Gasteiger charge is -2.34. The largest absolute Gasteiger partial charge is 0.390 e. The summed E-state index contributed by atoms with van der Waals surface area (Å²) in [6.07, 6.45) is 2.38. The van der Waals surface area contributed by atoms with Crippen molar-refractivity contribution in [1.29, 1.82) is 5.26 Å². The van der Waals surface area contributed by atoms with E-state index in [1.54, 1.807) is 4.90 Å². The molecule has 6 nitrogen and oxygen atoms in total. The maximum absolute atomic E-state index is 12.5. The number of carbonyl (C=O) groups excluding carboxylic acids is 1. The predicted octanol–water partition coefficient (Wildman–Crippen LogP) is 1.75. The lowest BCUT2D eigenvalue weighted by Crippen LogP contribution is -2.48. The minimum Gasteiger partial charge on any atom is -0.390 e. The third-order valence-electron chi connectivity index (χ3n) is 4.32. The molecular formula is C20H28N4O2. The number of carbonyl (C=O) groups is 1. The highest BCUT2D eigenvalue weighted by Gasteiger charge is 2.23. The molecule has 1 saturated heterocycles. The molecule has 0 aromatic heterocycles. The van der Waals surface area contributed by atoms with E-state index < -0.39 is 0 Å². The Bertz CT molecular complexity index is 616. The van der Waals surface area contributed by atoms with Crippen molar-refractivity contribution in [3.05, 3.63) is 47.7 Å². The van der Waals surface area contributed by atoms with E-state index in [2.05, 4.69) is 22.3 Å². The highest BCUT2D eigenvalue weighted by molar-refractivity contribution is 5.97. The van der Waals surface area contributed by atoms with Crippen LogP contribution in [0.3, 0.4) is 0 Å². The Kier molecular flexibility index (Phi) is 8.67. The van der Waals surface area contributed by atoms with Crippen LogP contribution in [-0.4, -0.2) is 61.6 Å². The number of amides is 1. The molecular weight excluding hydrogens is 328 g/mol. The van der Waals surface area contributed by atoms with Crippen LogP contribution in [0.4, 0.5) is 0 Å². The number of nitriles is 1. The molecule has 26 heavy (non-hydrogen) atoms. The Morgan fingerprint density at radius 2 is 2.00 bits per heavy atom. The molecule has 1 heterocycles. The lowest BCUT2D eigenvalue weighted by atomic mass is 10.2. The molecule has 2 rings (SSSR count). The summed E-state index contributed by atoms with van der Waals surface area (Å²) in [5.74, 6) is -0.191. The van der Waals surface area contributed by atoms with Gasteiger partial charge in [0.1, 0.15) is 11.6 Å². The average Bonchev–Trinajstić information content (AvgIpc) is 2.68. The Balaban J connectivity index is 1.76. The molecule has 0 spiro atoms. The summed E-state index contributed by atoms with van der Waals surface area (Å²) in [5.41, 5.74) is 1.44. The van der Waals surface area contributed by atoms with Gasteiger partial charge in [0.25, 0.3) is 5.91 Å². The Hall–Kier alpha value is -2.36. The molecule has 140 valence electrons. The van der Waals surface area contributed by atoms with Gasteiger partial charge < -0.3 is 15.0 Å². The van der Waals surface area contributed by atoms with E-state index in [4.69, 9.17) is 4.74 Å². The fourth-order valence-corrected chi connectivity index (χ4v) is 2.86. The highest BCUT2D eigenvalue weighted by atomic mass is 16.5. The summed E-state index contributed by atoms with van der Waals surface area (Å²) in [6.45, 7) is 7.85. The van der Waals surface area contributed by atoms with Gasteiger partial charge in [0.15, 0.2) is 0 Å². The van der Waals surface area contributed by atoms with Gasteiger partial charge in [-0.1, -0.05) is 30.3 Å². The summed E-state index contributed by atoms with van der Waals surface area (Å²) in [6, 6.07) is 12.3. The highest BCUT2D eigenvalue weighted by Crippen LogP contribution is 2.10. The molecule has 1 amide bonds. The van der Waals surface area contributed by atoms with E-state index in [9.17, 15) is 10.1 Å². The summed E-state index contributed by atoms with van der Waals surface area (Å²) in [5, 5.41) is 12.3. The number of nitrogens with zero attached hydrogens (tertiary/aromatic N) is 3. The minimum atomic E-state index is -0.191. The van der Waals surface area contributed by atoms with Crippen LogP contribution in [0, 0.1) is 11.3 Å². The minimum absolute atomic E-state index is 0.165. The van der Waals surface area contributed by atoms with Crippen molar-refractivity contribution in [3.8, 4) is 6.07 Å². The SMILES string of the molecule is CCOCCCN/C=C(/C#N)C(=O)N1CCN(Cc2ccccc2)CC1. The van der Waals surface area contributed by atoms with E-state index in [0.29, 0.717) is 32.8 Å². The zero-order valence-electron chi connectivity index (χ0n) is 15.5. The summed E-state index contributed by atoms with van der Waals surface area (Å²) in [7, 11) is 0. The predicted molar refractivity (Wildman–Crippen MR) is 101 cm³/mol. The van der Waals surface area contributed by atoms with Gasteiger partial charge in [-0.25, -0.2) is 0 Å². The molecule has 1 aliphatic rings. The van der Waals surface area contributed by atoms with Crippen LogP contribution < -0.4 is 5.32 Å². The van der Waals surface area contributed by atoms with Gasteiger partial charge in [0.05, 0.1) is 0 Å². The third-order valence-corrected chi connectivity index (χ3v) is 4.32. The van der Waals surface area contributed by atoms with Crippen molar-refractivity contribution in [3.63, 3.8) is 0 Å². The van der Waals surface area contributed by atoms with Crippen molar-refractivity contribution < 1.29 is 9.53 Å². The Morgan fingerprint density at radius 3 is 2.65 bits per heavy atom. The Labute approximate surface area is 156 Å². The number of nitrogens with one attached hydrogen (secondary N) is 1. The fourth-order valence-electron chi connectivity index (χ4n) is 2.86. The quantitative estimate of drug-likeness (QED) is 0.415. The van der Waals surface area contributed by atoms with Crippen molar-refractivity contribution >= 4 is 5.91 Å². The molecule has 6 heteroatoms. The number of hydrogen-bond donors (Lipinski definition) is 1. The molecule has 0 atom stereocenters. The Morgan fingerprint density at radius 1 is 1.27 bits per heavy atom. The molecule has 1 aliphatic heterocycles. The van der Waals surface area contributed by atoms with Crippen molar-refractivity contribution in [2.24, 2.45) is 0 Å². The van der Waals surface area contributed by atoms with E-state index in [-0.39, 0.29) is 11.5 Å². The first-order valence-corrected chi connectivity index (χ1v) is 9.21. The molecule has 0 unspecified atom stereocenters. The van der Waals surface area contributed by atoms with Gasteiger partial charge in [-0.15, -0.1) is 0 Å². The topological polar surface area (TPSA) is 68.6 Å². The number of hydrogen-bond acceptors (Lipinski definition) is 5. The zero-order chi connectivity index (χ0) is 18.6. The summed E-state index contributed by atoms with van der Waals surface area (Å²) < 4.78 is 5.26. The lowest BCUT2D eigenvalue weighted by molar-refractivity contribution is -0.128. The molecule has 1 aromatic carbocycles. The van der Waals surface area contributed by atoms with Crippen molar-refractivity contribution in [2.75, 3.05) is 45.9 Å². The number of benzene rings is 1. The van der Waals surface area contributed by atoms with Crippen LogP contribution in [-0.2, 0) is 16.1 Å². The number of ether oxygens (including phenoxy) is 1. The molecule has 0 radical (unpaired) electrons. The smallest absolute Gasteiger partial charge is 0.266 e. The van der Waals surface area contributed by atoms with Gasteiger partial charge in [-0.3, -0.25) is 9.69 Å². The average molecular weight is 356 g/mol. The van der Waals surface area contributed by atoms with E-state index >= 15 is 0 Å². The summed E-state index contributed by atoms with van der Waals surface area (Å²) in [4.78, 5) is 16.6. The third kappa shape index (κ3) is 6.51. The summed E-state index contributed by atoms with van der Waals surface area (Å²) >= 11 is 0. The number of rotatable bonds is 9. The zero-order valence-corrected chi connectivity index (χ0v) is 15.5. The standard InChI is InChI=1S/C20H28N4O2/c1-2-26-14-6-9-22-16-19(15-21)20(25)24-12-10-23(11-13-24)17-18-7-4-3-5-8-18/h3-5,7-8,16,22H,2,6,9-14,17H2,1H3/b19-16-. The van der Waals surface area contributed by atoms with Gasteiger partial charge in [-0.05, 0) is 18.9 Å². The monoisotopic (exact) mass is 356 g/mol. The van der Waals surface area contributed by atoms with Crippen LogP contribution >= 0.6 is 0 Å². The van der Waals surface area contributed by atoms with E-state index in [1.165, 1.54) is 11.8 Å². The van der Waals surface area contributed by atoms with Crippen LogP contribution in [0.15, 0.2) is 42.1 Å². The first kappa shape index (κ1) is 20.0. The van der Waals surface area contributed by atoms with E-state index in [0.717, 1.165) is 26.1 Å². The molecule has 0 bridgehead atoms. The molecule has 1 N–H and O–H groups in total. The van der Waals surface area contributed by atoms with Crippen molar-refractivity contribution in [1.82, 2.24) is 15.1 Å². The van der Waals surface area contributed by atoms with Crippen LogP contribution in [0.1, 0.15) is 18.9 Å². The van der Waals surface area contributed by atoms with Gasteiger partial charge in [0.2, 0.25) is 0 Å². The second-order valence-electron chi connectivity index (χ2n) is 6.23. The fraction of sp³-hybridized carbons (Fsp3) is 0.500. The van der Waals surface area contributed by atoms with Gasteiger partial charge in [0, 0.05) is 58.7 Å². The molecule has 1 fully saturated rings. The maximum atomic E-state index is 12.5.